The molecule has 7 rings (SSSR count). The van der Waals surface area contributed by atoms with E-state index in [1.807, 2.05) is 18.3 Å². The number of halogens is 2. The molecular formula is C39H26Cl2NP. The molecule has 4 heteroatoms. The fourth-order valence-corrected chi connectivity index (χ4v) is 8.51. The molecule has 0 saturated heterocycles. The summed E-state index contributed by atoms with van der Waals surface area (Å²) in [5.74, 6) is 0. The quantitative estimate of drug-likeness (QED) is 0.131. The Morgan fingerprint density at radius 1 is 0.488 bits per heavy atom. The molecular weight excluding hydrogens is 584 g/mol. The van der Waals surface area contributed by atoms with Crippen molar-refractivity contribution in [1.82, 2.24) is 0 Å². The molecule has 0 spiro atoms. The zero-order valence-corrected chi connectivity index (χ0v) is 25.6. The Morgan fingerprint density at radius 3 is 1.70 bits per heavy atom. The number of aliphatic imine (C=N–C) groups is 1. The maximum Gasteiger partial charge on any atom is 0.0715 e. The first kappa shape index (κ1) is 27.6. The minimum atomic E-state index is -0.884. The van der Waals surface area contributed by atoms with Crippen molar-refractivity contribution >= 4 is 80.5 Å². The maximum atomic E-state index is 6.57. The van der Waals surface area contributed by atoms with Gasteiger partial charge in [0, 0.05) is 22.9 Å². The molecule has 7 aromatic carbocycles. The zero-order valence-electron chi connectivity index (χ0n) is 23.2. The van der Waals surface area contributed by atoms with Gasteiger partial charge in [-0.1, -0.05) is 163 Å². The minimum absolute atomic E-state index is 0.498. The molecule has 0 aliphatic rings. The molecule has 0 aliphatic heterocycles. The number of hydrogen-bond acceptors (Lipinski definition) is 1. The van der Waals surface area contributed by atoms with Gasteiger partial charge in [-0.2, -0.15) is 0 Å². The van der Waals surface area contributed by atoms with Gasteiger partial charge in [-0.15, -0.1) is 0 Å². The standard InChI is InChI=1S/C39H26Cl2NP/c40-34-21-11-14-29(39(34)41)26-42-35-24-22-27-12-7-9-19-32(27)37(35)38-33-20-10-8-13-28(33)23-25-36(38)43(30-15-3-1-4-16-30)31-17-5-2-6-18-31/h1-26H. The van der Waals surface area contributed by atoms with Gasteiger partial charge in [-0.25, -0.2) is 0 Å². The van der Waals surface area contributed by atoms with Crippen LogP contribution >= 0.6 is 31.1 Å². The van der Waals surface area contributed by atoms with E-state index >= 15 is 0 Å². The number of hydrogen-bond donors (Lipinski definition) is 0. The summed E-state index contributed by atoms with van der Waals surface area (Å²) in [6, 6.07) is 53.4. The van der Waals surface area contributed by atoms with Crippen molar-refractivity contribution in [3.05, 3.63) is 167 Å². The van der Waals surface area contributed by atoms with E-state index in [4.69, 9.17) is 28.2 Å². The van der Waals surface area contributed by atoms with Gasteiger partial charge in [0.25, 0.3) is 0 Å². The Bertz CT molecular complexity index is 2070. The normalized spacial score (nSPS) is 11.6. The van der Waals surface area contributed by atoms with Gasteiger partial charge in [-0.05, 0) is 57.5 Å². The third-order valence-electron chi connectivity index (χ3n) is 7.66. The molecule has 43 heavy (non-hydrogen) atoms. The first-order valence-corrected chi connectivity index (χ1v) is 16.2. The summed E-state index contributed by atoms with van der Waals surface area (Å²) < 4.78 is 0. The van der Waals surface area contributed by atoms with Crippen LogP contribution < -0.4 is 15.9 Å². The number of nitrogens with zero attached hydrogens (tertiary/aromatic N) is 1. The van der Waals surface area contributed by atoms with Crippen LogP contribution in [0.25, 0.3) is 32.7 Å². The zero-order chi connectivity index (χ0) is 29.2. The second-order valence-electron chi connectivity index (χ2n) is 10.3. The monoisotopic (exact) mass is 609 g/mol. The van der Waals surface area contributed by atoms with Gasteiger partial charge in [0.2, 0.25) is 0 Å². The van der Waals surface area contributed by atoms with Crippen LogP contribution in [0.15, 0.2) is 157 Å². The summed E-state index contributed by atoms with van der Waals surface area (Å²) in [5.41, 5.74) is 3.97. The van der Waals surface area contributed by atoms with Crippen molar-refractivity contribution in [3.63, 3.8) is 0 Å². The van der Waals surface area contributed by atoms with Crippen molar-refractivity contribution in [2.75, 3.05) is 0 Å². The molecule has 1 nitrogen and oxygen atoms in total. The maximum absolute atomic E-state index is 6.57. The summed E-state index contributed by atoms with van der Waals surface area (Å²) in [6.45, 7) is 0. The number of fused-ring (bicyclic) bond motifs is 2. The lowest BCUT2D eigenvalue weighted by Crippen LogP contribution is -2.22. The van der Waals surface area contributed by atoms with E-state index in [2.05, 4.69) is 133 Å². The minimum Gasteiger partial charge on any atom is -0.256 e. The van der Waals surface area contributed by atoms with Gasteiger partial charge < -0.3 is 0 Å². The van der Waals surface area contributed by atoms with E-state index in [1.54, 1.807) is 6.07 Å². The molecule has 0 heterocycles. The number of rotatable bonds is 6. The summed E-state index contributed by atoms with van der Waals surface area (Å²) in [6.07, 6.45) is 1.82. The van der Waals surface area contributed by atoms with Gasteiger partial charge in [0.15, 0.2) is 0 Å². The van der Waals surface area contributed by atoms with Crippen molar-refractivity contribution in [2.24, 2.45) is 4.99 Å². The molecule has 0 bridgehead atoms. The molecule has 0 radical (unpaired) electrons. The molecule has 7 aromatic rings. The van der Waals surface area contributed by atoms with Crippen LogP contribution in [0.1, 0.15) is 5.56 Å². The second-order valence-corrected chi connectivity index (χ2v) is 13.2. The van der Waals surface area contributed by atoms with Crippen LogP contribution in [0, 0.1) is 0 Å². The molecule has 0 atom stereocenters. The fourth-order valence-electron chi connectivity index (χ4n) is 5.68. The molecule has 0 N–H and O–H groups in total. The Kier molecular flexibility index (Phi) is 7.79. The Labute approximate surface area is 262 Å². The van der Waals surface area contributed by atoms with Crippen LogP contribution in [0.3, 0.4) is 0 Å². The van der Waals surface area contributed by atoms with Crippen LogP contribution in [0.2, 0.25) is 10.0 Å². The Balaban J connectivity index is 1.57. The van der Waals surface area contributed by atoms with E-state index in [0.717, 1.165) is 22.2 Å². The number of benzene rings is 7. The third kappa shape index (κ3) is 5.37. The van der Waals surface area contributed by atoms with Crippen molar-refractivity contribution in [1.29, 1.82) is 0 Å². The highest BCUT2D eigenvalue weighted by Gasteiger charge is 2.24. The van der Waals surface area contributed by atoms with Gasteiger partial charge in [-0.3, -0.25) is 4.99 Å². The van der Waals surface area contributed by atoms with E-state index in [9.17, 15) is 0 Å². The first-order valence-electron chi connectivity index (χ1n) is 14.1. The predicted molar refractivity (Wildman–Crippen MR) is 189 cm³/mol. The largest absolute Gasteiger partial charge is 0.256 e. The molecule has 0 aliphatic carbocycles. The predicted octanol–water partition coefficient (Wildman–Crippen LogP) is 10.5. The van der Waals surface area contributed by atoms with Crippen LogP contribution in [-0.4, -0.2) is 6.21 Å². The van der Waals surface area contributed by atoms with Crippen LogP contribution in [-0.2, 0) is 0 Å². The van der Waals surface area contributed by atoms with Crippen LogP contribution in [0.5, 0.6) is 0 Å². The highest BCUT2D eigenvalue weighted by Crippen LogP contribution is 2.45. The third-order valence-corrected chi connectivity index (χ3v) is 11.0. The summed E-state index contributed by atoms with van der Waals surface area (Å²) in [7, 11) is -0.884. The van der Waals surface area contributed by atoms with E-state index in [0.29, 0.717) is 10.0 Å². The second kappa shape index (κ2) is 12.2. The molecule has 0 fully saturated rings. The Morgan fingerprint density at radius 2 is 1.05 bits per heavy atom. The van der Waals surface area contributed by atoms with E-state index < -0.39 is 7.92 Å². The van der Waals surface area contributed by atoms with Gasteiger partial charge in [0.05, 0.1) is 15.7 Å². The van der Waals surface area contributed by atoms with Crippen LogP contribution in [0.4, 0.5) is 5.69 Å². The average molecular weight is 611 g/mol. The highest BCUT2D eigenvalue weighted by atomic mass is 35.5. The van der Waals surface area contributed by atoms with Gasteiger partial charge in [0.1, 0.15) is 0 Å². The summed E-state index contributed by atoms with van der Waals surface area (Å²) in [5, 5.41) is 9.62. The van der Waals surface area contributed by atoms with Crippen molar-refractivity contribution in [2.45, 2.75) is 0 Å². The van der Waals surface area contributed by atoms with E-state index in [1.165, 1.54) is 37.6 Å². The lowest BCUT2D eigenvalue weighted by molar-refractivity contribution is 1.54. The summed E-state index contributed by atoms with van der Waals surface area (Å²) in [4.78, 5) is 5.10. The Hall–Kier alpha value is -4.26. The molecule has 0 saturated carbocycles. The SMILES string of the molecule is Clc1cccc(C=Nc2ccc3ccccc3c2-c2c(P(c3ccccc3)c3ccccc3)ccc3ccccc23)c1Cl. The first-order chi connectivity index (χ1) is 21.2. The lowest BCUT2D eigenvalue weighted by Gasteiger charge is -2.25. The fraction of sp³-hybridized carbons (Fsp3) is 0. The average Bonchev–Trinajstić information content (AvgIpc) is 3.06. The highest BCUT2D eigenvalue weighted by molar-refractivity contribution is 7.80. The lowest BCUT2D eigenvalue weighted by atomic mass is 9.92. The molecule has 0 unspecified atom stereocenters. The van der Waals surface area contributed by atoms with Crippen molar-refractivity contribution < 1.29 is 0 Å². The topological polar surface area (TPSA) is 12.4 Å². The molecule has 206 valence electrons. The smallest absolute Gasteiger partial charge is 0.0715 e. The van der Waals surface area contributed by atoms with Crippen molar-refractivity contribution in [3.8, 4) is 11.1 Å². The summed E-state index contributed by atoms with van der Waals surface area (Å²) >= 11 is 12.9. The molecule has 0 amide bonds. The van der Waals surface area contributed by atoms with E-state index in [-0.39, 0.29) is 0 Å². The molecule has 0 aromatic heterocycles. The van der Waals surface area contributed by atoms with Gasteiger partial charge >= 0.3 is 0 Å².